The van der Waals surface area contributed by atoms with Gasteiger partial charge in [0, 0.05) is 61.4 Å². The van der Waals surface area contributed by atoms with Gasteiger partial charge in [-0.1, -0.05) is 93.5 Å². The topological polar surface area (TPSA) is 251 Å². The maximum atomic E-state index is 14.6. The van der Waals surface area contributed by atoms with E-state index >= 15 is 0 Å². The lowest BCUT2D eigenvalue weighted by Crippen LogP contribution is -2.57. The number of amides is 5. The number of rotatable bonds is 21. The highest BCUT2D eigenvalue weighted by Crippen LogP contribution is 2.60. The van der Waals surface area contributed by atoms with Gasteiger partial charge in [0.05, 0.1) is 50.4 Å². The smallest absolute Gasteiger partial charge is 0.284 e. The highest BCUT2D eigenvalue weighted by Gasteiger charge is 2.51. The summed E-state index contributed by atoms with van der Waals surface area (Å²) in [5.41, 5.74) is 9.28. The molecule has 6 heterocycles. The number of hydrogen-bond acceptors (Lipinski definition) is 15. The minimum absolute atomic E-state index is 0.0474. The van der Waals surface area contributed by atoms with Crippen LogP contribution in [0.2, 0.25) is 0 Å². The second-order valence-electron chi connectivity index (χ2n) is 27.1. The molecule has 7 aromatic rings. The number of benzene rings is 3. The fraction of sp³-hybridized carbons (Fsp3) is 0.485. The van der Waals surface area contributed by atoms with Crippen LogP contribution in [0.25, 0.3) is 31.8 Å². The number of para-hydroxylation sites is 1. The molecular weight excluding hydrogens is 1200 g/mol. The summed E-state index contributed by atoms with van der Waals surface area (Å²) in [5.74, 6) is 0.0559. The van der Waals surface area contributed by atoms with Crippen molar-refractivity contribution < 1.29 is 37.5 Å². The largest absolute Gasteiger partial charge is 0.391 e. The van der Waals surface area contributed by atoms with E-state index in [1.807, 2.05) is 125 Å². The van der Waals surface area contributed by atoms with Gasteiger partial charge in [-0.2, -0.15) is 5.10 Å². The van der Waals surface area contributed by atoms with Crippen LogP contribution in [0.15, 0.2) is 90.6 Å². The molecule has 474 valence electrons. The number of sulfonamides is 1. The maximum Gasteiger partial charge on any atom is 0.284 e. The molecule has 13 rings (SSSR count). The van der Waals surface area contributed by atoms with Crippen molar-refractivity contribution in [1.82, 2.24) is 45.0 Å². The Morgan fingerprint density at radius 2 is 1.56 bits per heavy atom. The number of carbonyl (C=O) groups excluding carboxylic acids is 5. The Bertz CT molecular complexity index is 3910. The van der Waals surface area contributed by atoms with Crippen LogP contribution < -0.4 is 25.6 Å². The zero-order valence-electron chi connectivity index (χ0n) is 52.1. The summed E-state index contributed by atoms with van der Waals surface area (Å²) >= 11 is 2.97. The summed E-state index contributed by atoms with van der Waals surface area (Å²) < 4.78 is 33.2. The van der Waals surface area contributed by atoms with E-state index in [0.29, 0.717) is 66.4 Å². The first-order valence-corrected chi connectivity index (χ1v) is 35.1. The normalized spacial score (nSPS) is 21.9. The van der Waals surface area contributed by atoms with Crippen LogP contribution in [0, 0.1) is 42.4 Å². The summed E-state index contributed by atoms with van der Waals surface area (Å²) in [6.07, 6.45) is 10.8. The van der Waals surface area contributed by atoms with E-state index in [4.69, 9.17) is 10.1 Å². The van der Waals surface area contributed by atoms with Gasteiger partial charge in [0.1, 0.15) is 23.6 Å². The molecule has 5 fully saturated rings. The molecule has 4 atom stereocenters. The summed E-state index contributed by atoms with van der Waals surface area (Å²) in [5, 5.41) is 25.2. The Hall–Kier alpha value is -7.40. The molecule has 6 aliphatic rings. The predicted molar refractivity (Wildman–Crippen MR) is 350 cm³/mol. The standard InChI is InChI=1S/C68H81N11O8S3/c1-40(46-19-21-48(22-20-46)60-41(2)69-39-88-60)71-63(83)55-31-49(80)36-78(55)65(85)61(67(4,5)6)74-58(81)18-9-7-8-12-27-90(86,87)76-64(84)59-50(52-35-70-79(42(52)3)38-68-32-43-28-44(33-68)30-45(29-43)34-68)23-24-57(73-59)77-26-25-47-14-13-15-51(53(47)37-77)62(82)75-66-72-54-16-10-11-17-56(54)89-66/h10-11,13-17,19-24,35,39-40,43-45,49,55,61,80H,7-9,12,18,25-34,36-38H2,1-6H3,(H,71,83)(H,74,81)(H,76,84)(H,72,75,82)/t40?,43?,44?,45?,49-,55+,61?,68?/m1/s1. The Balaban J connectivity index is 0.679. The quantitative estimate of drug-likeness (QED) is 0.0421. The first-order valence-electron chi connectivity index (χ1n) is 31.8. The molecule has 4 saturated carbocycles. The fourth-order valence-electron chi connectivity index (χ4n) is 15.2. The highest BCUT2D eigenvalue weighted by molar-refractivity contribution is 7.90. The number of aliphatic hydroxyl groups excluding tert-OH is 1. The Morgan fingerprint density at radius 1 is 0.822 bits per heavy atom. The summed E-state index contributed by atoms with van der Waals surface area (Å²) in [7, 11) is -4.18. The van der Waals surface area contributed by atoms with Gasteiger partial charge >= 0.3 is 0 Å². The zero-order valence-corrected chi connectivity index (χ0v) is 54.5. The molecule has 2 unspecified atom stereocenters. The number of pyridine rings is 1. The monoisotopic (exact) mass is 1280 g/mol. The molecule has 1 saturated heterocycles. The molecule has 5 N–H and O–H groups in total. The number of carbonyl (C=O) groups is 5. The Labute approximate surface area is 534 Å². The van der Waals surface area contributed by atoms with E-state index in [1.165, 1.54) is 54.8 Å². The Kier molecular flexibility index (Phi) is 17.9. The lowest BCUT2D eigenvalue weighted by molar-refractivity contribution is -0.144. The molecule has 5 amide bonds. The van der Waals surface area contributed by atoms with Crippen LogP contribution in [-0.2, 0) is 43.9 Å². The van der Waals surface area contributed by atoms with Gasteiger partial charge < -0.3 is 25.5 Å². The van der Waals surface area contributed by atoms with Crippen molar-refractivity contribution in [3.63, 3.8) is 0 Å². The number of β-amino-alcohol motifs (C(OH)–C–C–N with tert-alkyl or cyclic N) is 1. The number of nitrogens with zero attached hydrogens (tertiary/aromatic N) is 7. The van der Waals surface area contributed by atoms with Crippen LogP contribution in [-0.4, -0.2) is 110 Å². The number of thiazole rings is 2. The number of likely N-dealkylation sites (tertiary alicyclic amines) is 1. The third-order valence-electron chi connectivity index (χ3n) is 19.4. The highest BCUT2D eigenvalue weighted by atomic mass is 32.2. The van der Waals surface area contributed by atoms with Crippen molar-refractivity contribution in [2.45, 2.75) is 162 Å². The van der Waals surface area contributed by atoms with E-state index in [0.717, 1.165) is 73.0 Å². The SMILES string of the molecule is Cc1ncsc1-c1ccc(C(C)NC(=O)[C@@H]2C[C@@H](O)CN2C(=O)C(NC(=O)CCCCCCS(=O)(=O)NC(=O)c2nc(N3CCc4cccc(C(=O)Nc5nc6ccccc6s5)c4C3)ccc2-c2cnn(CC34CC5CC(CC(C5)C3)C4)c2C)C(C)(C)C)cc1. The van der Waals surface area contributed by atoms with Crippen molar-refractivity contribution in [2.75, 3.05) is 29.1 Å². The molecular formula is C68H81N11O8S3. The number of nitrogens with one attached hydrogen (secondary N) is 4. The molecule has 4 aromatic heterocycles. The van der Waals surface area contributed by atoms with Crippen molar-refractivity contribution in [1.29, 1.82) is 0 Å². The lowest BCUT2D eigenvalue weighted by atomic mass is 9.49. The minimum atomic E-state index is -4.18. The Morgan fingerprint density at radius 3 is 2.27 bits per heavy atom. The van der Waals surface area contributed by atoms with Gasteiger partial charge in [-0.05, 0) is 160 Å². The number of anilines is 2. The zero-order chi connectivity index (χ0) is 63.2. The molecule has 19 nitrogen and oxygen atoms in total. The van der Waals surface area contributed by atoms with Gasteiger partial charge in [-0.25, -0.2) is 28.1 Å². The van der Waals surface area contributed by atoms with Crippen LogP contribution in [0.3, 0.4) is 0 Å². The minimum Gasteiger partial charge on any atom is -0.391 e. The number of hydrogen-bond donors (Lipinski definition) is 5. The summed E-state index contributed by atoms with van der Waals surface area (Å²) in [4.78, 5) is 88.8. The number of fused-ring (bicyclic) bond motifs is 2. The second-order valence-corrected chi connectivity index (χ2v) is 30.9. The van der Waals surface area contributed by atoms with E-state index in [9.17, 15) is 37.5 Å². The summed E-state index contributed by atoms with van der Waals surface area (Å²) in [6, 6.07) is 22.7. The molecule has 0 spiro atoms. The molecule has 4 bridgehead atoms. The summed E-state index contributed by atoms with van der Waals surface area (Å²) in [6.45, 7) is 12.9. The first kappa shape index (κ1) is 62.8. The maximum absolute atomic E-state index is 14.6. The van der Waals surface area contributed by atoms with Crippen LogP contribution in [0.1, 0.15) is 160 Å². The number of unbranched alkanes of at least 4 members (excludes halogenated alkanes) is 3. The van der Waals surface area contributed by atoms with E-state index < -0.39 is 51.3 Å². The van der Waals surface area contributed by atoms with Gasteiger partial charge in [0.15, 0.2) is 5.13 Å². The molecule has 3 aromatic carbocycles. The van der Waals surface area contributed by atoms with Gasteiger partial charge in [-0.3, -0.25) is 34.0 Å². The fourth-order valence-corrected chi connectivity index (χ4v) is 17.9. The molecule has 90 heavy (non-hydrogen) atoms. The second kappa shape index (κ2) is 25.7. The van der Waals surface area contributed by atoms with E-state index in [2.05, 4.69) is 35.3 Å². The predicted octanol–water partition coefficient (Wildman–Crippen LogP) is 10.7. The first-order chi connectivity index (χ1) is 43.1. The third kappa shape index (κ3) is 13.6. The van der Waals surface area contributed by atoms with Crippen molar-refractivity contribution in [3.8, 4) is 21.6 Å². The lowest BCUT2D eigenvalue weighted by Gasteiger charge is -2.56. The van der Waals surface area contributed by atoms with Gasteiger partial charge in [-0.15, -0.1) is 11.3 Å². The average molecular weight is 1280 g/mol. The van der Waals surface area contributed by atoms with E-state index in [-0.39, 0.29) is 60.5 Å². The van der Waals surface area contributed by atoms with Crippen molar-refractivity contribution in [2.24, 2.45) is 28.6 Å². The van der Waals surface area contributed by atoms with Crippen LogP contribution >= 0.6 is 22.7 Å². The van der Waals surface area contributed by atoms with Gasteiger partial charge in [0.2, 0.25) is 27.7 Å². The molecule has 22 heteroatoms. The number of aryl methyl sites for hydroxylation is 1. The van der Waals surface area contributed by atoms with Crippen molar-refractivity contribution in [3.05, 3.63) is 130 Å². The van der Waals surface area contributed by atoms with Crippen LogP contribution in [0.4, 0.5) is 10.9 Å². The molecule has 0 radical (unpaired) electrons. The van der Waals surface area contributed by atoms with Gasteiger partial charge in [0.25, 0.3) is 11.8 Å². The number of aromatic nitrogens is 5. The molecule has 2 aliphatic heterocycles. The number of aliphatic hydroxyl groups is 1. The average Bonchev–Trinajstić information content (AvgIpc) is 0.990. The third-order valence-corrected chi connectivity index (χ3v) is 22.6. The van der Waals surface area contributed by atoms with Crippen molar-refractivity contribution >= 4 is 83.4 Å². The van der Waals surface area contributed by atoms with E-state index in [1.54, 1.807) is 23.6 Å². The molecule has 4 aliphatic carbocycles. The van der Waals surface area contributed by atoms with Crippen LogP contribution in [0.5, 0.6) is 0 Å².